The van der Waals surface area contributed by atoms with Crippen LogP contribution >= 0.6 is 34.9 Å². The molecule has 1 aromatic carbocycles. The van der Waals surface area contributed by atoms with Gasteiger partial charge in [-0.15, -0.1) is 10.2 Å². The second-order valence-electron chi connectivity index (χ2n) is 4.86. The van der Waals surface area contributed by atoms with Gasteiger partial charge in [0.1, 0.15) is 5.82 Å². The van der Waals surface area contributed by atoms with Crippen LogP contribution in [0.3, 0.4) is 0 Å². The summed E-state index contributed by atoms with van der Waals surface area (Å²) in [6, 6.07) is 5.45. The van der Waals surface area contributed by atoms with E-state index >= 15 is 0 Å². The molecule has 1 N–H and O–H groups in total. The fraction of sp³-hybridized carbons (Fsp3) is 0.333. The van der Waals surface area contributed by atoms with Crippen LogP contribution in [-0.2, 0) is 9.59 Å². The van der Waals surface area contributed by atoms with Crippen molar-refractivity contribution in [3.05, 3.63) is 30.1 Å². The first-order valence-electron chi connectivity index (χ1n) is 7.36. The van der Waals surface area contributed by atoms with Gasteiger partial charge in [-0.05, 0) is 30.0 Å². The van der Waals surface area contributed by atoms with E-state index in [4.69, 9.17) is 0 Å². The molecule has 0 aliphatic heterocycles. The zero-order chi connectivity index (χ0) is 18.2. The molecule has 2 aromatic rings. The highest BCUT2D eigenvalue weighted by atomic mass is 32.2. The second kappa shape index (κ2) is 9.73. The Morgan fingerprint density at radius 3 is 2.48 bits per heavy atom. The smallest absolute Gasteiger partial charge is 0.243 e. The van der Waals surface area contributed by atoms with Crippen LogP contribution in [0.25, 0.3) is 0 Å². The number of nitrogens with zero attached hydrogens (tertiary/aromatic N) is 3. The number of halogens is 1. The van der Waals surface area contributed by atoms with Crippen molar-refractivity contribution in [3.8, 4) is 0 Å². The lowest BCUT2D eigenvalue weighted by atomic mass is 10.3. The molecule has 6 nitrogen and oxygen atoms in total. The van der Waals surface area contributed by atoms with Crippen molar-refractivity contribution in [1.82, 2.24) is 15.1 Å². The normalized spacial score (nSPS) is 10.5. The molecule has 0 fully saturated rings. The van der Waals surface area contributed by atoms with E-state index in [-0.39, 0.29) is 29.9 Å². The van der Waals surface area contributed by atoms with E-state index in [1.54, 1.807) is 18.8 Å². The number of hydrogen-bond donors (Lipinski definition) is 1. The molecule has 0 spiro atoms. The molecule has 10 heteroatoms. The Morgan fingerprint density at radius 2 is 1.84 bits per heavy atom. The number of nitrogens with one attached hydrogen (secondary N) is 1. The standard InChI is InChI=1S/C15H17FN4O2S3/c1-3-23-14-18-19-15(25-14)24-9-13(22)20(2)8-12(21)17-11-6-4-10(16)5-7-11/h4-7H,3,8-9H2,1-2H3,(H,17,21). The Bertz CT molecular complexity index is 724. The number of carbonyl (C=O) groups is 2. The van der Waals surface area contributed by atoms with Crippen molar-refractivity contribution in [2.24, 2.45) is 0 Å². The minimum Gasteiger partial charge on any atom is -0.336 e. The number of likely N-dealkylation sites (N-methyl/N-ethyl adjacent to an activating group) is 1. The Hall–Kier alpha value is -1.65. The van der Waals surface area contributed by atoms with E-state index < -0.39 is 0 Å². The average Bonchev–Trinajstić information content (AvgIpc) is 3.02. The van der Waals surface area contributed by atoms with Crippen LogP contribution in [0.1, 0.15) is 6.92 Å². The number of aromatic nitrogens is 2. The van der Waals surface area contributed by atoms with Crippen molar-refractivity contribution < 1.29 is 14.0 Å². The number of rotatable bonds is 8. The Labute approximate surface area is 157 Å². The summed E-state index contributed by atoms with van der Waals surface area (Å²) < 4.78 is 14.4. The summed E-state index contributed by atoms with van der Waals surface area (Å²) in [6.07, 6.45) is 0. The van der Waals surface area contributed by atoms with E-state index in [1.807, 2.05) is 6.92 Å². The molecule has 0 radical (unpaired) electrons. The minimum absolute atomic E-state index is 0.0795. The monoisotopic (exact) mass is 400 g/mol. The molecule has 0 aliphatic rings. The summed E-state index contributed by atoms with van der Waals surface area (Å²) in [7, 11) is 1.56. The lowest BCUT2D eigenvalue weighted by Crippen LogP contribution is -2.35. The molecule has 134 valence electrons. The van der Waals surface area contributed by atoms with Gasteiger partial charge in [0.05, 0.1) is 12.3 Å². The van der Waals surface area contributed by atoms with Crippen LogP contribution in [0.5, 0.6) is 0 Å². The van der Waals surface area contributed by atoms with Crippen LogP contribution in [0.15, 0.2) is 32.9 Å². The van der Waals surface area contributed by atoms with Gasteiger partial charge in [0, 0.05) is 12.7 Å². The Morgan fingerprint density at radius 1 is 1.20 bits per heavy atom. The lowest BCUT2D eigenvalue weighted by molar-refractivity contribution is -0.131. The quantitative estimate of drug-likeness (QED) is 0.687. The predicted molar refractivity (Wildman–Crippen MR) is 99.7 cm³/mol. The van der Waals surface area contributed by atoms with Crippen molar-refractivity contribution in [2.75, 3.05) is 30.4 Å². The van der Waals surface area contributed by atoms with Gasteiger partial charge in [-0.1, -0.05) is 41.8 Å². The molecule has 0 saturated heterocycles. The molecule has 0 bridgehead atoms. The highest BCUT2D eigenvalue weighted by molar-refractivity contribution is 8.03. The maximum absolute atomic E-state index is 12.8. The molecule has 1 aromatic heterocycles. The van der Waals surface area contributed by atoms with Gasteiger partial charge in [0.15, 0.2) is 8.68 Å². The molecule has 0 atom stereocenters. The van der Waals surface area contributed by atoms with Crippen LogP contribution < -0.4 is 5.32 Å². The zero-order valence-electron chi connectivity index (χ0n) is 13.7. The fourth-order valence-corrected chi connectivity index (χ4v) is 4.57. The van der Waals surface area contributed by atoms with Gasteiger partial charge >= 0.3 is 0 Å². The topological polar surface area (TPSA) is 75.2 Å². The zero-order valence-corrected chi connectivity index (χ0v) is 16.1. The van der Waals surface area contributed by atoms with Gasteiger partial charge in [-0.3, -0.25) is 9.59 Å². The summed E-state index contributed by atoms with van der Waals surface area (Å²) in [5.41, 5.74) is 0.483. The van der Waals surface area contributed by atoms with Crippen molar-refractivity contribution in [3.63, 3.8) is 0 Å². The molecular formula is C15H17FN4O2S3. The molecule has 0 unspecified atom stereocenters. The second-order valence-corrected chi connectivity index (χ2v) is 8.57. The van der Waals surface area contributed by atoms with Crippen LogP contribution in [0.2, 0.25) is 0 Å². The number of carbonyl (C=O) groups excluding carboxylic acids is 2. The number of thioether (sulfide) groups is 2. The van der Waals surface area contributed by atoms with Gasteiger partial charge < -0.3 is 10.2 Å². The highest BCUT2D eigenvalue weighted by Crippen LogP contribution is 2.28. The van der Waals surface area contributed by atoms with E-state index in [1.165, 1.54) is 52.3 Å². The molecule has 2 amide bonds. The number of amides is 2. The van der Waals surface area contributed by atoms with E-state index in [0.717, 1.165) is 14.4 Å². The number of benzene rings is 1. The van der Waals surface area contributed by atoms with Crippen LogP contribution in [0, 0.1) is 5.82 Å². The third-order valence-electron chi connectivity index (χ3n) is 2.91. The summed E-state index contributed by atoms with van der Waals surface area (Å²) in [5.74, 6) is 0.208. The third-order valence-corrected chi connectivity index (χ3v) is 5.97. The van der Waals surface area contributed by atoms with Gasteiger partial charge in [-0.25, -0.2) is 4.39 Å². The first-order valence-corrected chi connectivity index (χ1v) is 10.1. The van der Waals surface area contributed by atoms with Crippen molar-refractivity contribution in [1.29, 1.82) is 0 Å². The van der Waals surface area contributed by atoms with Gasteiger partial charge in [-0.2, -0.15) is 0 Å². The third kappa shape index (κ3) is 6.63. The van der Waals surface area contributed by atoms with Crippen LogP contribution in [0.4, 0.5) is 10.1 Å². The van der Waals surface area contributed by atoms with Crippen molar-refractivity contribution >= 4 is 52.4 Å². The number of anilines is 1. The van der Waals surface area contributed by atoms with Gasteiger partial charge in [0.2, 0.25) is 11.8 Å². The molecule has 25 heavy (non-hydrogen) atoms. The van der Waals surface area contributed by atoms with Gasteiger partial charge in [0.25, 0.3) is 0 Å². The number of hydrogen-bond acceptors (Lipinski definition) is 7. The summed E-state index contributed by atoms with van der Waals surface area (Å²) in [5, 5.41) is 10.7. The fourth-order valence-electron chi connectivity index (χ4n) is 1.71. The summed E-state index contributed by atoms with van der Waals surface area (Å²) in [4.78, 5) is 25.4. The SMILES string of the molecule is CCSc1nnc(SCC(=O)N(C)CC(=O)Nc2ccc(F)cc2)s1. The molecule has 2 rings (SSSR count). The first-order chi connectivity index (χ1) is 12.0. The minimum atomic E-state index is -0.375. The molecule has 0 aliphatic carbocycles. The summed E-state index contributed by atoms with van der Waals surface area (Å²) in [6.45, 7) is 1.96. The molecule has 1 heterocycles. The molecular weight excluding hydrogens is 383 g/mol. The maximum atomic E-state index is 12.8. The first kappa shape index (κ1) is 19.7. The maximum Gasteiger partial charge on any atom is 0.243 e. The van der Waals surface area contributed by atoms with E-state index in [0.29, 0.717) is 5.69 Å². The average molecular weight is 401 g/mol. The molecule has 0 saturated carbocycles. The largest absolute Gasteiger partial charge is 0.336 e. The van der Waals surface area contributed by atoms with E-state index in [2.05, 4.69) is 15.5 Å². The van der Waals surface area contributed by atoms with Crippen molar-refractivity contribution in [2.45, 2.75) is 15.6 Å². The van der Waals surface area contributed by atoms with E-state index in [9.17, 15) is 14.0 Å². The predicted octanol–water partition coefficient (Wildman–Crippen LogP) is 2.98. The Balaban J connectivity index is 1.76. The highest BCUT2D eigenvalue weighted by Gasteiger charge is 2.15. The Kier molecular flexibility index (Phi) is 7.66. The summed E-state index contributed by atoms with van der Waals surface area (Å²) >= 11 is 4.36. The lowest BCUT2D eigenvalue weighted by Gasteiger charge is -2.16. The van der Waals surface area contributed by atoms with Crippen LogP contribution in [-0.4, -0.2) is 52.0 Å².